The third-order valence-electron chi connectivity index (χ3n) is 4.42. The third-order valence-corrected chi connectivity index (χ3v) is 4.42. The Balaban J connectivity index is 2.10. The molecule has 4 heteroatoms. The first-order valence-corrected chi connectivity index (χ1v) is 8.69. The summed E-state index contributed by atoms with van der Waals surface area (Å²) in [5.41, 5.74) is 2.16. The highest BCUT2D eigenvalue weighted by Gasteiger charge is 2.17. The molecule has 1 aliphatic rings. The summed E-state index contributed by atoms with van der Waals surface area (Å²) < 4.78 is 0. The van der Waals surface area contributed by atoms with Crippen LogP contribution in [-0.4, -0.2) is 23.4 Å². The van der Waals surface area contributed by atoms with Crippen molar-refractivity contribution >= 4 is 17.8 Å². The van der Waals surface area contributed by atoms with Gasteiger partial charge < -0.3 is 15.4 Å². The van der Waals surface area contributed by atoms with Crippen LogP contribution in [0.5, 0.6) is 0 Å². The Morgan fingerprint density at radius 2 is 2.14 bits per heavy atom. The number of carbonyl (C=O) groups excluding carboxylic acids is 1. The Morgan fingerprint density at radius 3 is 2.82 bits per heavy atom. The Bertz CT molecular complexity index is 469. The monoisotopic (exact) mass is 303 g/mol. The van der Waals surface area contributed by atoms with Gasteiger partial charge >= 0.3 is 0 Å². The van der Waals surface area contributed by atoms with Gasteiger partial charge in [0.05, 0.1) is 5.69 Å². The van der Waals surface area contributed by atoms with Crippen molar-refractivity contribution in [2.75, 3.05) is 10.6 Å². The van der Waals surface area contributed by atoms with E-state index in [4.69, 9.17) is 4.98 Å². The minimum atomic E-state index is 0.437. The van der Waals surface area contributed by atoms with E-state index in [0.717, 1.165) is 42.7 Å². The number of anilines is 2. The molecule has 0 saturated heterocycles. The van der Waals surface area contributed by atoms with Crippen molar-refractivity contribution in [2.24, 2.45) is 0 Å². The summed E-state index contributed by atoms with van der Waals surface area (Å²) in [6, 6.07) is 5.20. The van der Waals surface area contributed by atoms with E-state index < -0.39 is 0 Å². The first-order chi connectivity index (χ1) is 10.7. The number of hydrogen-bond donors (Lipinski definition) is 2. The molecule has 0 radical (unpaired) electrons. The van der Waals surface area contributed by atoms with Crippen molar-refractivity contribution in [2.45, 2.75) is 77.3 Å². The quantitative estimate of drug-likeness (QED) is 0.531. The van der Waals surface area contributed by atoms with Crippen molar-refractivity contribution in [3.8, 4) is 0 Å². The van der Waals surface area contributed by atoms with Gasteiger partial charge in [-0.15, -0.1) is 0 Å². The second-order valence-electron chi connectivity index (χ2n) is 6.34. The van der Waals surface area contributed by atoms with Crippen LogP contribution in [0.25, 0.3) is 0 Å². The molecular formula is C18H29N3O. The van der Waals surface area contributed by atoms with Crippen molar-refractivity contribution in [3.05, 3.63) is 17.8 Å². The highest BCUT2D eigenvalue weighted by atomic mass is 16.1. The summed E-state index contributed by atoms with van der Waals surface area (Å²) in [5, 5.41) is 7.17. The van der Waals surface area contributed by atoms with Crippen molar-refractivity contribution in [1.29, 1.82) is 0 Å². The van der Waals surface area contributed by atoms with E-state index in [-0.39, 0.29) is 0 Å². The van der Waals surface area contributed by atoms with Gasteiger partial charge in [-0.2, -0.15) is 0 Å². The zero-order valence-electron chi connectivity index (χ0n) is 13.9. The van der Waals surface area contributed by atoms with E-state index in [1.807, 2.05) is 0 Å². The third kappa shape index (κ3) is 5.00. The fraction of sp³-hybridized carbons (Fsp3) is 0.667. The normalized spacial score (nSPS) is 16.5. The number of hydrogen-bond acceptors (Lipinski definition) is 4. The van der Waals surface area contributed by atoms with Crippen molar-refractivity contribution in [1.82, 2.24) is 4.98 Å². The maximum absolute atomic E-state index is 10.5. The number of rotatable bonds is 9. The van der Waals surface area contributed by atoms with Crippen LogP contribution in [0.4, 0.5) is 11.5 Å². The molecule has 1 atom stereocenters. The van der Waals surface area contributed by atoms with Gasteiger partial charge in [0, 0.05) is 24.2 Å². The molecule has 0 aliphatic heterocycles. The topological polar surface area (TPSA) is 54.0 Å². The molecule has 0 spiro atoms. The first kappa shape index (κ1) is 16.8. The molecule has 0 amide bonds. The summed E-state index contributed by atoms with van der Waals surface area (Å²) in [5.74, 6) is 0.982. The van der Waals surface area contributed by atoms with Crippen LogP contribution in [0.2, 0.25) is 0 Å². The molecule has 1 fully saturated rings. The molecule has 1 saturated carbocycles. The maximum Gasteiger partial charge on any atom is 0.149 e. The fourth-order valence-electron chi connectivity index (χ4n) is 2.86. The number of aryl methyl sites for hydroxylation is 1. The van der Waals surface area contributed by atoms with E-state index in [1.165, 1.54) is 25.7 Å². The van der Waals surface area contributed by atoms with Gasteiger partial charge in [0.2, 0.25) is 0 Å². The Kier molecular flexibility index (Phi) is 6.69. The van der Waals surface area contributed by atoms with Crippen LogP contribution in [-0.2, 0) is 11.2 Å². The molecule has 1 aromatic heterocycles. The molecule has 0 aromatic carbocycles. The summed E-state index contributed by atoms with van der Waals surface area (Å²) in [4.78, 5) is 15.3. The van der Waals surface area contributed by atoms with Crippen LogP contribution in [0.15, 0.2) is 12.1 Å². The molecule has 0 unspecified atom stereocenters. The minimum absolute atomic E-state index is 0.437. The standard InChI is InChI=1S/C18H29N3O/c1-3-14(2)19-17-12-11-16(10-6-7-13-22)21-18(17)20-15-8-4-5-9-15/h11-15,19H,3-10H2,1-2H3,(H,20,21)/t14-/m0/s1. The van der Waals surface area contributed by atoms with E-state index >= 15 is 0 Å². The maximum atomic E-state index is 10.5. The van der Waals surface area contributed by atoms with Crippen LogP contribution >= 0.6 is 0 Å². The van der Waals surface area contributed by atoms with Gasteiger partial charge in [-0.3, -0.25) is 0 Å². The second kappa shape index (κ2) is 8.76. The average molecular weight is 303 g/mol. The summed E-state index contributed by atoms with van der Waals surface area (Å²) in [6.07, 6.45) is 9.51. The molecule has 22 heavy (non-hydrogen) atoms. The number of pyridine rings is 1. The van der Waals surface area contributed by atoms with E-state index in [2.05, 4.69) is 36.6 Å². The molecule has 2 rings (SSSR count). The van der Waals surface area contributed by atoms with Crippen LogP contribution in [0, 0.1) is 0 Å². The van der Waals surface area contributed by atoms with Crippen molar-refractivity contribution in [3.63, 3.8) is 0 Å². The Labute approximate surface area is 134 Å². The highest BCUT2D eigenvalue weighted by molar-refractivity contribution is 5.65. The van der Waals surface area contributed by atoms with Gasteiger partial charge in [-0.25, -0.2) is 4.98 Å². The Morgan fingerprint density at radius 1 is 1.36 bits per heavy atom. The van der Waals surface area contributed by atoms with Gasteiger partial charge in [0.25, 0.3) is 0 Å². The summed E-state index contributed by atoms with van der Waals surface area (Å²) in [7, 11) is 0. The largest absolute Gasteiger partial charge is 0.380 e. The lowest BCUT2D eigenvalue weighted by atomic mass is 10.1. The predicted molar refractivity (Wildman–Crippen MR) is 92.5 cm³/mol. The highest BCUT2D eigenvalue weighted by Crippen LogP contribution is 2.27. The number of carbonyl (C=O) groups is 1. The van der Waals surface area contributed by atoms with Crippen LogP contribution < -0.4 is 10.6 Å². The number of aromatic nitrogens is 1. The van der Waals surface area contributed by atoms with Crippen molar-refractivity contribution < 1.29 is 4.79 Å². The van der Waals surface area contributed by atoms with Crippen LogP contribution in [0.1, 0.15) is 64.5 Å². The second-order valence-corrected chi connectivity index (χ2v) is 6.34. The number of nitrogens with one attached hydrogen (secondary N) is 2. The zero-order valence-corrected chi connectivity index (χ0v) is 13.9. The van der Waals surface area contributed by atoms with Gasteiger partial charge in [0.15, 0.2) is 0 Å². The molecule has 2 N–H and O–H groups in total. The average Bonchev–Trinajstić information content (AvgIpc) is 3.03. The van der Waals surface area contributed by atoms with Gasteiger partial charge in [0.1, 0.15) is 12.1 Å². The van der Waals surface area contributed by atoms with Gasteiger partial charge in [-0.05, 0) is 51.2 Å². The molecule has 1 aromatic rings. The Hall–Kier alpha value is -1.58. The molecule has 0 bridgehead atoms. The summed E-state index contributed by atoms with van der Waals surface area (Å²) >= 11 is 0. The lowest BCUT2D eigenvalue weighted by molar-refractivity contribution is -0.107. The molecule has 1 heterocycles. The smallest absolute Gasteiger partial charge is 0.149 e. The lowest BCUT2D eigenvalue weighted by Gasteiger charge is -2.20. The first-order valence-electron chi connectivity index (χ1n) is 8.69. The molecule has 4 nitrogen and oxygen atoms in total. The SMILES string of the molecule is CC[C@H](C)Nc1ccc(CCCC=O)nc1NC1CCCC1. The number of aldehydes is 1. The summed E-state index contributed by atoms with van der Waals surface area (Å²) in [6.45, 7) is 4.38. The number of unbranched alkanes of at least 4 members (excludes halogenated alkanes) is 1. The molecule has 122 valence electrons. The van der Waals surface area contributed by atoms with E-state index in [0.29, 0.717) is 18.5 Å². The zero-order chi connectivity index (χ0) is 15.8. The van der Waals surface area contributed by atoms with Crippen LogP contribution in [0.3, 0.4) is 0 Å². The lowest BCUT2D eigenvalue weighted by Crippen LogP contribution is -2.20. The number of nitrogens with zero attached hydrogens (tertiary/aromatic N) is 1. The van der Waals surface area contributed by atoms with Gasteiger partial charge in [-0.1, -0.05) is 19.8 Å². The van der Waals surface area contributed by atoms with E-state index in [9.17, 15) is 4.79 Å². The fourth-order valence-corrected chi connectivity index (χ4v) is 2.86. The predicted octanol–water partition coefficient (Wildman–Crippen LogP) is 4.17. The molecule has 1 aliphatic carbocycles. The minimum Gasteiger partial charge on any atom is -0.380 e. The molecular weight excluding hydrogens is 274 g/mol. The van der Waals surface area contributed by atoms with E-state index in [1.54, 1.807) is 0 Å².